The highest BCUT2D eigenvalue weighted by Gasteiger charge is 2.23. The summed E-state index contributed by atoms with van der Waals surface area (Å²) in [6.07, 6.45) is 2.81. The Hall–Kier alpha value is -3.68. The molecule has 0 spiro atoms. The van der Waals surface area contributed by atoms with Crippen LogP contribution in [0.15, 0.2) is 65.1 Å². The average molecular weight is 504 g/mol. The number of carboxylic acid groups (broad SMARTS) is 1. The summed E-state index contributed by atoms with van der Waals surface area (Å²) in [5.41, 5.74) is 1.19. The summed E-state index contributed by atoms with van der Waals surface area (Å²) >= 11 is 1.07. The predicted molar refractivity (Wildman–Crippen MR) is 120 cm³/mol. The van der Waals surface area contributed by atoms with E-state index in [-0.39, 0.29) is 22.9 Å². The molecule has 0 unspecified atom stereocenters. The highest BCUT2D eigenvalue weighted by Crippen LogP contribution is 2.29. The van der Waals surface area contributed by atoms with Crippen LogP contribution in [0.3, 0.4) is 0 Å². The minimum atomic E-state index is -3.85. The summed E-state index contributed by atoms with van der Waals surface area (Å²) in [6.45, 7) is -0.209. The summed E-state index contributed by atoms with van der Waals surface area (Å²) < 4.78 is 42.5. The third kappa shape index (κ3) is 5.27. The number of sulfonamides is 1. The molecule has 0 fully saturated rings. The highest BCUT2D eigenvalue weighted by molar-refractivity contribution is 7.91. The number of carbonyl (C=O) groups is 1. The highest BCUT2D eigenvalue weighted by atomic mass is 32.2. The maximum Gasteiger partial charge on any atom is 0.328 e. The molecule has 3 N–H and O–H groups in total. The van der Waals surface area contributed by atoms with E-state index >= 15 is 0 Å². The van der Waals surface area contributed by atoms with Gasteiger partial charge in [0.05, 0.1) is 29.0 Å². The van der Waals surface area contributed by atoms with E-state index < -0.39 is 33.6 Å². The summed E-state index contributed by atoms with van der Waals surface area (Å²) in [5, 5.41) is 26.5. The maximum absolute atomic E-state index is 13.6. The zero-order chi connectivity index (χ0) is 24.3. The molecule has 0 aliphatic carbocycles. The van der Waals surface area contributed by atoms with Crippen molar-refractivity contribution < 1.29 is 27.8 Å². The maximum atomic E-state index is 13.6. The Morgan fingerprint density at radius 3 is 2.74 bits per heavy atom. The normalized spacial score (nSPS) is 12.5. The van der Waals surface area contributed by atoms with E-state index in [1.54, 1.807) is 30.5 Å². The number of benzene rings is 1. The molecule has 10 nitrogen and oxygen atoms in total. The Morgan fingerprint density at radius 1 is 1.21 bits per heavy atom. The van der Waals surface area contributed by atoms with Crippen LogP contribution in [-0.4, -0.2) is 44.6 Å². The van der Waals surface area contributed by atoms with Gasteiger partial charge in [-0.15, -0.1) is 16.4 Å². The van der Waals surface area contributed by atoms with Crippen LogP contribution in [0.4, 0.5) is 4.39 Å². The number of hydrogen-bond donors (Lipinski definition) is 3. The summed E-state index contributed by atoms with van der Waals surface area (Å²) in [7, 11) is -3.85. The molecule has 0 bridgehead atoms. The monoisotopic (exact) mass is 503 g/mol. The lowest BCUT2D eigenvalue weighted by Gasteiger charge is -2.12. The van der Waals surface area contributed by atoms with Gasteiger partial charge in [0.25, 0.3) is 0 Å². The Balaban J connectivity index is 1.45. The molecule has 3 heterocycles. The van der Waals surface area contributed by atoms with Gasteiger partial charge in [0.1, 0.15) is 4.21 Å². The fourth-order valence-electron chi connectivity index (χ4n) is 3.09. The van der Waals surface area contributed by atoms with E-state index in [9.17, 15) is 27.8 Å². The zero-order valence-electron chi connectivity index (χ0n) is 17.4. The molecule has 13 heteroatoms. The number of hydrogen-bond acceptors (Lipinski definition) is 8. The summed E-state index contributed by atoms with van der Waals surface area (Å²) in [4.78, 5) is 16.6. The zero-order valence-corrected chi connectivity index (χ0v) is 19.0. The van der Waals surface area contributed by atoms with Gasteiger partial charge in [-0.25, -0.2) is 27.0 Å². The van der Waals surface area contributed by atoms with Crippen molar-refractivity contribution in [2.24, 2.45) is 0 Å². The van der Waals surface area contributed by atoms with E-state index in [1.165, 1.54) is 18.3 Å². The van der Waals surface area contributed by atoms with Crippen LogP contribution in [0.2, 0.25) is 0 Å². The number of aromatic nitrogens is 4. The third-order valence-corrected chi connectivity index (χ3v) is 7.81. The van der Waals surface area contributed by atoms with Crippen molar-refractivity contribution in [1.29, 1.82) is 0 Å². The summed E-state index contributed by atoms with van der Waals surface area (Å²) in [6, 6.07) is 10.9. The summed E-state index contributed by atoms with van der Waals surface area (Å²) in [5.74, 6) is -2.63. The standard InChI is InChI=1S/C21H18FN5O5S2/c22-15-9-13(4-5-18(15)28)10-17(21(29)30)27-12-14(25-26-27)11-24-34(31,32)20-7-6-19(33-20)16-3-1-2-8-23-16/h1-9,12,17,24,28H,10-11H2,(H,29,30)/t17-/m0/s1. The van der Waals surface area contributed by atoms with Gasteiger partial charge in [-0.1, -0.05) is 17.3 Å². The second-order valence-corrected chi connectivity index (χ2v) is 10.3. The number of halogens is 1. The lowest BCUT2D eigenvalue weighted by atomic mass is 10.1. The first-order valence-electron chi connectivity index (χ1n) is 9.85. The topological polar surface area (TPSA) is 147 Å². The van der Waals surface area contributed by atoms with Gasteiger partial charge in [-0.05, 0) is 42.0 Å². The molecule has 1 atom stereocenters. The molecule has 4 rings (SSSR count). The van der Waals surface area contributed by atoms with Crippen molar-refractivity contribution in [3.63, 3.8) is 0 Å². The number of aromatic hydroxyl groups is 1. The third-order valence-electron chi connectivity index (χ3n) is 4.81. The van der Waals surface area contributed by atoms with E-state index in [4.69, 9.17) is 0 Å². The molecule has 0 aliphatic rings. The fourth-order valence-corrected chi connectivity index (χ4v) is 5.42. The SMILES string of the molecule is O=C(O)[C@H](Cc1ccc(O)c(F)c1)n1cc(CNS(=O)(=O)c2ccc(-c3ccccn3)s2)nn1. The number of nitrogens with zero attached hydrogens (tertiary/aromatic N) is 4. The Bertz CT molecular complexity index is 1420. The average Bonchev–Trinajstić information content (AvgIpc) is 3.49. The van der Waals surface area contributed by atoms with Crippen LogP contribution >= 0.6 is 11.3 Å². The number of nitrogens with one attached hydrogen (secondary N) is 1. The molecule has 0 saturated carbocycles. The number of carboxylic acids is 1. The van der Waals surface area contributed by atoms with E-state index in [1.807, 2.05) is 0 Å². The van der Waals surface area contributed by atoms with Crippen LogP contribution in [-0.2, 0) is 27.8 Å². The van der Waals surface area contributed by atoms with Gasteiger partial charge in [0.2, 0.25) is 10.0 Å². The van der Waals surface area contributed by atoms with Gasteiger partial charge in [0.15, 0.2) is 17.6 Å². The lowest BCUT2D eigenvalue weighted by Crippen LogP contribution is -2.23. The van der Waals surface area contributed by atoms with Crippen LogP contribution < -0.4 is 4.72 Å². The Kier molecular flexibility index (Phi) is 6.68. The van der Waals surface area contributed by atoms with Crippen molar-refractivity contribution in [3.05, 3.63) is 78.0 Å². The molecular weight excluding hydrogens is 485 g/mol. The van der Waals surface area contributed by atoms with Crippen LogP contribution in [0.5, 0.6) is 5.75 Å². The minimum Gasteiger partial charge on any atom is -0.505 e. The lowest BCUT2D eigenvalue weighted by molar-refractivity contribution is -0.141. The van der Waals surface area contributed by atoms with Crippen LogP contribution in [0.1, 0.15) is 17.3 Å². The fraction of sp³-hybridized carbons (Fsp3) is 0.143. The molecule has 4 aromatic rings. The van der Waals surface area contributed by atoms with Crippen molar-refractivity contribution >= 4 is 27.3 Å². The molecule has 0 aliphatic heterocycles. The second kappa shape index (κ2) is 9.67. The number of phenolic OH excluding ortho intramolecular Hbond substituents is 1. The molecule has 0 radical (unpaired) electrons. The predicted octanol–water partition coefficient (Wildman–Crippen LogP) is 2.59. The molecule has 1 aromatic carbocycles. The van der Waals surface area contributed by atoms with E-state index in [0.717, 1.165) is 28.2 Å². The van der Waals surface area contributed by atoms with Gasteiger partial charge < -0.3 is 10.2 Å². The molecule has 0 amide bonds. The Labute approximate surface area is 197 Å². The van der Waals surface area contributed by atoms with Crippen molar-refractivity contribution in [3.8, 4) is 16.3 Å². The molecule has 0 saturated heterocycles. The number of aliphatic carboxylic acids is 1. The number of thiophene rings is 1. The van der Waals surface area contributed by atoms with Crippen molar-refractivity contribution in [2.45, 2.75) is 23.2 Å². The molecule has 3 aromatic heterocycles. The first kappa shape index (κ1) is 23.5. The smallest absolute Gasteiger partial charge is 0.328 e. The van der Waals surface area contributed by atoms with Crippen LogP contribution in [0, 0.1) is 5.82 Å². The second-order valence-electron chi connectivity index (χ2n) is 7.19. The first-order valence-corrected chi connectivity index (χ1v) is 12.1. The first-order chi connectivity index (χ1) is 16.2. The van der Waals surface area contributed by atoms with Gasteiger partial charge in [-0.3, -0.25) is 4.98 Å². The molecule has 176 valence electrons. The van der Waals surface area contributed by atoms with Crippen LogP contribution in [0.25, 0.3) is 10.6 Å². The van der Waals surface area contributed by atoms with Gasteiger partial charge in [0, 0.05) is 12.6 Å². The largest absolute Gasteiger partial charge is 0.505 e. The van der Waals surface area contributed by atoms with Crippen molar-refractivity contribution in [1.82, 2.24) is 24.7 Å². The number of rotatable bonds is 9. The number of pyridine rings is 1. The van der Waals surface area contributed by atoms with Gasteiger partial charge in [-0.2, -0.15) is 0 Å². The van der Waals surface area contributed by atoms with E-state index in [2.05, 4.69) is 20.0 Å². The molecular formula is C21H18FN5O5S2. The Morgan fingerprint density at radius 2 is 2.03 bits per heavy atom. The minimum absolute atomic E-state index is 0.0957. The van der Waals surface area contributed by atoms with E-state index in [0.29, 0.717) is 16.1 Å². The molecule has 34 heavy (non-hydrogen) atoms. The number of phenols is 1. The van der Waals surface area contributed by atoms with Gasteiger partial charge >= 0.3 is 5.97 Å². The quantitative estimate of drug-likeness (QED) is 0.316. The van der Waals surface area contributed by atoms with Crippen molar-refractivity contribution in [2.75, 3.05) is 0 Å².